The van der Waals surface area contributed by atoms with Gasteiger partial charge in [0.1, 0.15) is 12.7 Å². The van der Waals surface area contributed by atoms with E-state index in [0.29, 0.717) is 13.0 Å². The van der Waals surface area contributed by atoms with Gasteiger partial charge in [0.05, 0.1) is 13.2 Å². The van der Waals surface area contributed by atoms with Crippen molar-refractivity contribution in [3.05, 3.63) is 48.0 Å². The summed E-state index contributed by atoms with van der Waals surface area (Å²) in [6.07, 6.45) is 20.4. The Labute approximate surface area is 196 Å². The Morgan fingerprint density at radius 2 is 1.44 bits per heavy atom. The van der Waals surface area contributed by atoms with Crippen LogP contribution in [0.2, 0.25) is 0 Å². The standard InChI is InChI=1S/C28H46O4/c1-2-3-4-5-6-7-8-9-10-11-12-13-14-15-19-22-28(30)32-25-27(29)24-31-23-26-20-17-16-18-21-26/h9-10,16-18,20-21,27,29H,2-8,11-15,19,22-25H2,1H3/b10-9-/t27-/m0/s1. The highest BCUT2D eigenvalue weighted by Crippen LogP contribution is 2.10. The first kappa shape index (κ1) is 28.4. The van der Waals surface area contributed by atoms with Crippen molar-refractivity contribution in [1.29, 1.82) is 0 Å². The average molecular weight is 447 g/mol. The van der Waals surface area contributed by atoms with Crippen LogP contribution in [0.15, 0.2) is 42.5 Å². The Hall–Kier alpha value is -1.65. The van der Waals surface area contributed by atoms with E-state index in [-0.39, 0.29) is 19.2 Å². The molecular weight excluding hydrogens is 400 g/mol. The molecule has 0 saturated heterocycles. The van der Waals surface area contributed by atoms with Crippen LogP contribution < -0.4 is 0 Å². The maximum Gasteiger partial charge on any atom is 0.305 e. The van der Waals surface area contributed by atoms with Crippen molar-refractivity contribution in [2.45, 2.75) is 110 Å². The molecule has 1 aromatic rings. The lowest BCUT2D eigenvalue weighted by Gasteiger charge is -2.12. The summed E-state index contributed by atoms with van der Waals surface area (Å²) in [5.74, 6) is -0.232. The molecule has 4 heteroatoms. The lowest BCUT2D eigenvalue weighted by Crippen LogP contribution is -2.23. The highest BCUT2D eigenvalue weighted by atomic mass is 16.5. The molecule has 4 nitrogen and oxygen atoms in total. The van der Waals surface area contributed by atoms with Crippen molar-refractivity contribution in [2.75, 3.05) is 13.2 Å². The molecule has 0 aliphatic rings. The quantitative estimate of drug-likeness (QED) is 0.124. The Kier molecular flexibility index (Phi) is 18.8. The van der Waals surface area contributed by atoms with Crippen LogP contribution in [-0.4, -0.2) is 30.4 Å². The SMILES string of the molecule is CCCCCCCC/C=C\CCCCCCCC(=O)OC[C@@H](O)COCc1ccccc1. The molecule has 0 spiro atoms. The third-order valence-corrected chi connectivity index (χ3v) is 5.50. The number of carbonyl (C=O) groups excluding carboxylic acids is 1. The van der Waals surface area contributed by atoms with Gasteiger partial charge in [0.2, 0.25) is 0 Å². The number of aliphatic hydroxyl groups is 1. The molecule has 0 radical (unpaired) electrons. The molecule has 32 heavy (non-hydrogen) atoms. The second-order valence-electron chi connectivity index (χ2n) is 8.67. The molecule has 1 aromatic carbocycles. The van der Waals surface area contributed by atoms with E-state index in [1.807, 2.05) is 30.3 Å². The molecule has 0 bridgehead atoms. The van der Waals surface area contributed by atoms with Gasteiger partial charge in [-0.15, -0.1) is 0 Å². The fourth-order valence-corrected chi connectivity index (χ4v) is 3.54. The van der Waals surface area contributed by atoms with Crippen LogP contribution in [0.4, 0.5) is 0 Å². The smallest absolute Gasteiger partial charge is 0.305 e. The highest BCUT2D eigenvalue weighted by Gasteiger charge is 2.09. The predicted molar refractivity (Wildman–Crippen MR) is 133 cm³/mol. The fraction of sp³-hybridized carbons (Fsp3) is 0.679. The van der Waals surface area contributed by atoms with E-state index in [0.717, 1.165) is 24.8 Å². The largest absolute Gasteiger partial charge is 0.463 e. The Morgan fingerprint density at radius 3 is 2.09 bits per heavy atom. The molecule has 0 fully saturated rings. The van der Waals surface area contributed by atoms with Gasteiger partial charge in [-0.05, 0) is 37.7 Å². The summed E-state index contributed by atoms with van der Waals surface area (Å²) in [5, 5.41) is 9.87. The van der Waals surface area contributed by atoms with Gasteiger partial charge in [0, 0.05) is 6.42 Å². The molecule has 1 atom stereocenters. The van der Waals surface area contributed by atoms with E-state index in [1.54, 1.807) is 0 Å². The van der Waals surface area contributed by atoms with Crippen LogP contribution in [-0.2, 0) is 20.9 Å². The number of rotatable bonds is 21. The number of ether oxygens (including phenoxy) is 2. The van der Waals surface area contributed by atoms with Crippen LogP contribution in [0, 0.1) is 0 Å². The second kappa shape index (κ2) is 21.2. The maximum absolute atomic E-state index is 11.8. The number of esters is 1. The van der Waals surface area contributed by atoms with Crippen molar-refractivity contribution in [1.82, 2.24) is 0 Å². The van der Waals surface area contributed by atoms with Gasteiger partial charge in [-0.25, -0.2) is 0 Å². The Balaban J connectivity index is 1.84. The molecule has 0 saturated carbocycles. The summed E-state index contributed by atoms with van der Waals surface area (Å²) in [6.45, 7) is 2.87. The van der Waals surface area contributed by atoms with Crippen LogP contribution in [0.3, 0.4) is 0 Å². The molecule has 1 N–H and O–H groups in total. The topological polar surface area (TPSA) is 55.8 Å². The summed E-state index contributed by atoms with van der Waals surface area (Å²) in [6, 6.07) is 9.80. The number of carbonyl (C=O) groups is 1. The average Bonchev–Trinajstić information content (AvgIpc) is 2.81. The van der Waals surface area contributed by atoms with E-state index in [1.165, 1.54) is 64.2 Å². The molecule has 1 rings (SSSR count). The molecule has 0 heterocycles. The lowest BCUT2D eigenvalue weighted by atomic mass is 10.1. The van der Waals surface area contributed by atoms with Crippen LogP contribution in [0.5, 0.6) is 0 Å². The molecule has 182 valence electrons. The van der Waals surface area contributed by atoms with E-state index in [4.69, 9.17) is 9.47 Å². The molecule has 0 aliphatic heterocycles. The zero-order chi connectivity index (χ0) is 23.1. The number of hydrogen-bond acceptors (Lipinski definition) is 4. The van der Waals surface area contributed by atoms with Gasteiger partial charge in [-0.3, -0.25) is 4.79 Å². The van der Waals surface area contributed by atoms with Crippen molar-refractivity contribution in [2.24, 2.45) is 0 Å². The molecule has 0 aliphatic carbocycles. The minimum Gasteiger partial charge on any atom is -0.463 e. The minimum atomic E-state index is -0.781. The maximum atomic E-state index is 11.8. The molecule has 0 unspecified atom stereocenters. The van der Waals surface area contributed by atoms with Crippen molar-refractivity contribution < 1.29 is 19.4 Å². The van der Waals surface area contributed by atoms with Gasteiger partial charge < -0.3 is 14.6 Å². The summed E-state index contributed by atoms with van der Waals surface area (Å²) >= 11 is 0. The zero-order valence-corrected chi connectivity index (χ0v) is 20.3. The van der Waals surface area contributed by atoms with E-state index in [9.17, 15) is 9.90 Å². The van der Waals surface area contributed by atoms with E-state index < -0.39 is 6.10 Å². The van der Waals surface area contributed by atoms with Crippen LogP contribution in [0.25, 0.3) is 0 Å². The molecular formula is C28H46O4. The van der Waals surface area contributed by atoms with Crippen LogP contribution >= 0.6 is 0 Å². The first-order valence-corrected chi connectivity index (χ1v) is 12.8. The third kappa shape index (κ3) is 18.0. The van der Waals surface area contributed by atoms with Gasteiger partial charge in [-0.2, -0.15) is 0 Å². The predicted octanol–water partition coefficient (Wildman–Crippen LogP) is 7.14. The molecule has 0 amide bonds. The first-order chi connectivity index (χ1) is 15.7. The highest BCUT2D eigenvalue weighted by molar-refractivity contribution is 5.69. The van der Waals surface area contributed by atoms with Crippen molar-refractivity contribution in [3.63, 3.8) is 0 Å². The van der Waals surface area contributed by atoms with Gasteiger partial charge in [-0.1, -0.05) is 101 Å². The van der Waals surface area contributed by atoms with Gasteiger partial charge >= 0.3 is 5.97 Å². The van der Waals surface area contributed by atoms with Crippen molar-refractivity contribution >= 4 is 5.97 Å². The van der Waals surface area contributed by atoms with Crippen LogP contribution in [0.1, 0.15) is 102 Å². The number of unbranched alkanes of at least 4 members (excludes halogenated alkanes) is 11. The normalized spacial score (nSPS) is 12.3. The number of benzene rings is 1. The Morgan fingerprint density at radius 1 is 0.844 bits per heavy atom. The monoisotopic (exact) mass is 446 g/mol. The lowest BCUT2D eigenvalue weighted by molar-refractivity contribution is -0.148. The number of allylic oxidation sites excluding steroid dienone is 2. The van der Waals surface area contributed by atoms with Gasteiger partial charge in [0.15, 0.2) is 0 Å². The second-order valence-corrected chi connectivity index (χ2v) is 8.67. The van der Waals surface area contributed by atoms with Crippen molar-refractivity contribution in [3.8, 4) is 0 Å². The first-order valence-electron chi connectivity index (χ1n) is 12.8. The molecule has 0 aromatic heterocycles. The summed E-state index contributed by atoms with van der Waals surface area (Å²) < 4.78 is 10.6. The summed E-state index contributed by atoms with van der Waals surface area (Å²) in [5.41, 5.74) is 1.06. The summed E-state index contributed by atoms with van der Waals surface area (Å²) in [7, 11) is 0. The minimum absolute atomic E-state index is 0.00129. The van der Waals surface area contributed by atoms with Gasteiger partial charge in [0.25, 0.3) is 0 Å². The van der Waals surface area contributed by atoms with E-state index in [2.05, 4.69) is 19.1 Å². The Bertz CT molecular complexity index is 570. The van der Waals surface area contributed by atoms with E-state index >= 15 is 0 Å². The summed E-state index contributed by atoms with van der Waals surface area (Å²) in [4.78, 5) is 11.8. The number of aliphatic hydroxyl groups excluding tert-OH is 1. The zero-order valence-electron chi connectivity index (χ0n) is 20.3. The third-order valence-electron chi connectivity index (χ3n) is 5.50. The number of hydrogen-bond donors (Lipinski definition) is 1. The fourth-order valence-electron chi connectivity index (χ4n) is 3.54.